The van der Waals surface area contributed by atoms with E-state index in [-0.39, 0.29) is 5.56 Å². The summed E-state index contributed by atoms with van der Waals surface area (Å²) in [6.45, 7) is 0. The number of hydrogen-bond donors (Lipinski definition) is 1. The lowest BCUT2D eigenvalue weighted by Crippen LogP contribution is -2.00. The van der Waals surface area contributed by atoms with Crippen molar-refractivity contribution in [3.05, 3.63) is 28.4 Å². The summed E-state index contributed by atoms with van der Waals surface area (Å²) in [5.74, 6) is -0.434. The monoisotopic (exact) mass is 311 g/mol. The molecule has 18 heavy (non-hydrogen) atoms. The highest BCUT2D eigenvalue weighted by Crippen LogP contribution is 2.34. The number of carboxylic acids is 1. The van der Waals surface area contributed by atoms with Crippen LogP contribution in [0.4, 0.5) is 0 Å². The van der Waals surface area contributed by atoms with E-state index in [0.717, 1.165) is 0 Å². The molecule has 0 saturated carbocycles. The Labute approximate surface area is 111 Å². The molecule has 0 aliphatic heterocycles. The molecule has 0 bridgehead atoms. The van der Waals surface area contributed by atoms with E-state index in [1.54, 1.807) is 17.8 Å². The van der Waals surface area contributed by atoms with Crippen LogP contribution in [0.2, 0.25) is 0 Å². The molecule has 6 nitrogen and oxygen atoms in total. The summed E-state index contributed by atoms with van der Waals surface area (Å²) in [6.07, 6.45) is 0. The Morgan fingerprint density at radius 3 is 2.72 bits per heavy atom. The summed E-state index contributed by atoms with van der Waals surface area (Å²) in [4.78, 5) is 11.0. The number of halogens is 1. The number of benzene rings is 1. The first-order chi connectivity index (χ1) is 8.54. The maximum atomic E-state index is 11.0. The Hall–Kier alpha value is -1.89. The summed E-state index contributed by atoms with van der Waals surface area (Å²) in [5.41, 5.74) is 1.46. The van der Waals surface area contributed by atoms with E-state index >= 15 is 0 Å². The standard InChI is InChI=1S/C11H10BrN3O3/c1-15-9(10(12)13-14-15)7-5-6(11(16)17)3-4-8(7)18-2/h3-5H,1-2H3,(H,16,17). The summed E-state index contributed by atoms with van der Waals surface area (Å²) in [6, 6.07) is 4.63. The highest BCUT2D eigenvalue weighted by Gasteiger charge is 2.17. The summed E-state index contributed by atoms with van der Waals surface area (Å²) in [7, 11) is 3.25. The van der Waals surface area contributed by atoms with Crippen LogP contribution >= 0.6 is 15.9 Å². The van der Waals surface area contributed by atoms with Crippen molar-refractivity contribution in [1.29, 1.82) is 0 Å². The molecule has 0 unspecified atom stereocenters. The maximum absolute atomic E-state index is 11.0. The molecular weight excluding hydrogens is 302 g/mol. The number of nitrogens with zero attached hydrogens (tertiary/aromatic N) is 3. The van der Waals surface area contributed by atoms with E-state index < -0.39 is 5.97 Å². The minimum absolute atomic E-state index is 0.180. The molecule has 1 heterocycles. The number of hydrogen-bond acceptors (Lipinski definition) is 4. The molecule has 0 aliphatic carbocycles. The van der Waals surface area contributed by atoms with Crippen molar-refractivity contribution in [3.63, 3.8) is 0 Å². The molecule has 94 valence electrons. The Balaban J connectivity index is 2.68. The molecule has 0 atom stereocenters. The number of aromatic nitrogens is 3. The largest absolute Gasteiger partial charge is 0.496 e. The van der Waals surface area contributed by atoms with Crippen molar-refractivity contribution < 1.29 is 14.6 Å². The molecular formula is C11H10BrN3O3. The van der Waals surface area contributed by atoms with Gasteiger partial charge in [-0.2, -0.15) is 0 Å². The number of aromatic carboxylic acids is 1. The predicted octanol–water partition coefficient (Wildman–Crippen LogP) is 1.95. The van der Waals surface area contributed by atoms with Crippen LogP contribution in [0.5, 0.6) is 5.75 Å². The third kappa shape index (κ3) is 2.08. The minimum Gasteiger partial charge on any atom is -0.496 e. The van der Waals surface area contributed by atoms with Gasteiger partial charge in [-0.05, 0) is 34.1 Å². The van der Waals surface area contributed by atoms with Crippen LogP contribution in [-0.4, -0.2) is 33.2 Å². The zero-order valence-corrected chi connectivity index (χ0v) is 11.3. The second kappa shape index (κ2) is 4.77. The quantitative estimate of drug-likeness (QED) is 0.937. The van der Waals surface area contributed by atoms with Gasteiger partial charge in [-0.25, -0.2) is 9.48 Å². The van der Waals surface area contributed by atoms with Crippen LogP contribution in [-0.2, 0) is 7.05 Å². The summed E-state index contributed by atoms with van der Waals surface area (Å²) < 4.78 is 7.31. The van der Waals surface area contributed by atoms with Gasteiger partial charge in [0.15, 0.2) is 4.60 Å². The topological polar surface area (TPSA) is 77.2 Å². The fraction of sp³-hybridized carbons (Fsp3) is 0.182. The van der Waals surface area contributed by atoms with Crippen LogP contribution in [0.25, 0.3) is 11.3 Å². The zero-order valence-electron chi connectivity index (χ0n) is 9.72. The third-order valence-corrected chi connectivity index (χ3v) is 3.02. The average Bonchev–Trinajstić information content (AvgIpc) is 2.68. The van der Waals surface area contributed by atoms with E-state index in [1.165, 1.54) is 19.2 Å². The molecule has 0 saturated heterocycles. The van der Waals surface area contributed by atoms with E-state index in [4.69, 9.17) is 9.84 Å². The van der Waals surface area contributed by atoms with Crippen LogP contribution in [0.15, 0.2) is 22.8 Å². The number of rotatable bonds is 3. The van der Waals surface area contributed by atoms with Crippen molar-refractivity contribution in [2.45, 2.75) is 0 Å². The summed E-state index contributed by atoms with van der Waals surface area (Å²) in [5, 5.41) is 16.7. The van der Waals surface area contributed by atoms with Gasteiger partial charge in [0.1, 0.15) is 11.4 Å². The molecule has 1 N–H and O–H groups in total. The van der Waals surface area contributed by atoms with E-state index in [0.29, 0.717) is 21.6 Å². The molecule has 0 amide bonds. The lowest BCUT2D eigenvalue weighted by molar-refractivity contribution is 0.0697. The van der Waals surface area contributed by atoms with Crippen LogP contribution in [0.3, 0.4) is 0 Å². The molecule has 0 radical (unpaired) electrons. The van der Waals surface area contributed by atoms with Gasteiger partial charge in [-0.3, -0.25) is 0 Å². The third-order valence-electron chi connectivity index (χ3n) is 2.49. The van der Waals surface area contributed by atoms with Crippen molar-refractivity contribution in [2.75, 3.05) is 7.11 Å². The fourth-order valence-electron chi connectivity index (χ4n) is 1.64. The molecule has 1 aromatic carbocycles. The molecule has 7 heteroatoms. The first kappa shape index (κ1) is 12.6. The van der Waals surface area contributed by atoms with Gasteiger partial charge in [-0.1, -0.05) is 5.21 Å². The highest BCUT2D eigenvalue weighted by molar-refractivity contribution is 9.10. The number of methoxy groups -OCH3 is 1. The highest BCUT2D eigenvalue weighted by atomic mass is 79.9. The number of aryl methyl sites for hydroxylation is 1. The van der Waals surface area contributed by atoms with Crippen LogP contribution in [0.1, 0.15) is 10.4 Å². The van der Waals surface area contributed by atoms with Gasteiger partial charge in [-0.15, -0.1) is 5.10 Å². The van der Waals surface area contributed by atoms with Gasteiger partial charge in [0.25, 0.3) is 0 Å². The smallest absolute Gasteiger partial charge is 0.335 e. The second-order valence-corrected chi connectivity index (χ2v) is 4.32. The van der Waals surface area contributed by atoms with Gasteiger partial charge < -0.3 is 9.84 Å². The average molecular weight is 312 g/mol. The Morgan fingerprint density at radius 2 is 2.22 bits per heavy atom. The second-order valence-electron chi connectivity index (χ2n) is 3.57. The van der Waals surface area contributed by atoms with Crippen LogP contribution < -0.4 is 4.74 Å². The molecule has 2 rings (SSSR count). The number of carbonyl (C=O) groups is 1. The lowest BCUT2D eigenvalue weighted by atomic mass is 10.1. The van der Waals surface area contributed by atoms with E-state index in [9.17, 15) is 4.79 Å². The molecule has 0 fully saturated rings. The summed E-state index contributed by atoms with van der Waals surface area (Å²) >= 11 is 3.28. The van der Waals surface area contributed by atoms with E-state index in [1.807, 2.05) is 0 Å². The zero-order chi connectivity index (χ0) is 13.3. The van der Waals surface area contributed by atoms with Crippen molar-refractivity contribution in [1.82, 2.24) is 15.0 Å². The Bertz CT molecular complexity index is 590. The molecule has 0 aliphatic rings. The lowest BCUT2D eigenvalue weighted by Gasteiger charge is -2.09. The fourth-order valence-corrected chi connectivity index (χ4v) is 2.18. The van der Waals surface area contributed by atoms with Crippen molar-refractivity contribution in [3.8, 4) is 17.0 Å². The number of carboxylic acid groups (broad SMARTS) is 1. The van der Waals surface area contributed by atoms with Gasteiger partial charge in [0.05, 0.1) is 12.7 Å². The molecule has 1 aromatic heterocycles. The first-order valence-electron chi connectivity index (χ1n) is 5.01. The minimum atomic E-state index is -0.995. The number of ether oxygens (including phenoxy) is 1. The van der Waals surface area contributed by atoms with Gasteiger partial charge >= 0.3 is 5.97 Å². The van der Waals surface area contributed by atoms with Gasteiger partial charge in [0.2, 0.25) is 0 Å². The van der Waals surface area contributed by atoms with Gasteiger partial charge in [0, 0.05) is 12.6 Å². The predicted molar refractivity (Wildman–Crippen MR) is 67.7 cm³/mol. The molecule has 2 aromatic rings. The normalized spacial score (nSPS) is 10.4. The molecule has 0 spiro atoms. The maximum Gasteiger partial charge on any atom is 0.335 e. The first-order valence-corrected chi connectivity index (χ1v) is 5.80. The Morgan fingerprint density at radius 1 is 1.50 bits per heavy atom. The van der Waals surface area contributed by atoms with E-state index in [2.05, 4.69) is 26.2 Å². The van der Waals surface area contributed by atoms with Crippen molar-refractivity contribution >= 4 is 21.9 Å². The SMILES string of the molecule is COc1ccc(C(=O)O)cc1-c1c(Br)nnn1C. The van der Waals surface area contributed by atoms with Crippen LogP contribution in [0, 0.1) is 0 Å². The Kier molecular flexibility index (Phi) is 3.33. The van der Waals surface area contributed by atoms with Crippen molar-refractivity contribution in [2.24, 2.45) is 7.05 Å².